The molecule has 2 aromatic carbocycles. The van der Waals surface area contributed by atoms with Gasteiger partial charge in [0.25, 0.3) is 0 Å². The van der Waals surface area contributed by atoms with Crippen LogP contribution in [0.15, 0.2) is 48.5 Å². The number of amides is 1. The van der Waals surface area contributed by atoms with Crippen molar-refractivity contribution < 1.29 is 19.1 Å². The van der Waals surface area contributed by atoms with Gasteiger partial charge in [-0.25, -0.2) is 14.6 Å². The van der Waals surface area contributed by atoms with Gasteiger partial charge >= 0.3 is 12.1 Å². The number of carbonyl (C=O) groups excluding carboxylic acids is 2. The molecule has 0 unspecified atom stereocenters. The fourth-order valence-corrected chi connectivity index (χ4v) is 2.62. The molecule has 0 bridgehead atoms. The summed E-state index contributed by atoms with van der Waals surface area (Å²) < 4.78 is 11.8. The van der Waals surface area contributed by atoms with E-state index in [-0.39, 0.29) is 13.2 Å². The first kappa shape index (κ1) is 17.5. The minimum Gasteiger partial charge on any atom is -0.465 e. The van der Waals surface area contributed by atoms with E-state index in [1.54, 1.807) is 12.1 Å². The van der Waals surface area contributed by atoms with Gasteiger partial charge in [-0.05, 0) is 17.7 Å². The van der Waals surface area contributed by atoms with E-state index in [1.807, 2.05) is 48.0 Å². The zero-order valence-corrected chi connectivity index (χ0v) is 14.6. The van der Waals surface area contributed by atoms with Crippen molar-refractivity contribution in [3.8, 4) is 0 Å². The van der Waals surface area contributed by atoms with Crippen LogP contribution in [0.5, 0.6) is 0 Å². The number of benzene rings is 2. The number of imidazole rings is 1. The third-order valence-corrected chi connectivity index (χ3v) is 4.01. The lowest BCUT2D eigenvalue weighted by molar-refractivity contribution is 0.0602. The molecule has 0 radical (unpaired) electrons. The highest BCUT2D eigenvalue weighted by Crippen LogP contribution is 2.20. The number of carbonyl (C=O) groups is 2. The topological polar surface area (TPSA) is 82.4 Å². The first-order chi connectivity index (χ1) is 12.6. The first-order valence-electron chi connectivity index (χ1n) is 8.07. The largest absolute Gasteiger partial charge is 0.465 e. The molecular formula is C19H19N3O4. The number of nitrogens with zero attached hydrogens (tertiary/aromatic N) is 2. The molecule has 134 valence electrons. The number of ether oxygens (including phenoxy) is 2. The SMILES string of the molecule is COC(=O)c1cccc2c1nc(CNC(=O)OCc1ccccc1)n2C. The molecule has 0 aliphatic heterocycles. The molecule has 3 aromatic rings. The molecule has 0 fully saturated rings. The molecule has 0 aliphatic rings. The summed E-state index contributed by atoms with van der Waals surface area (Å²) in [6.07, 6.45) is -0.533. The van der Waals surface area contributed by atoms with Crippen molar-refractivity contribution in [3.63, 3.8) is 0 Å². The molecule has 1 amide bonds. The molecule has 1 N–H and O–H groups in total. The smallest absolute Gasteiger partial charge is 0.407 e. The predicted molar refractivity (Wildman–Crippen MR) is 95.5 cm³/mol. The average molecular weight is 353 g/mol. The maximum atomic E-state index is 11.9. The predicted octanol–water partition coefficient (Wildman–Crippen LogP) is 2.79. The van der Waals surface area contributed by atoms with Crippen LogP contribution in [0.25, 0.3) is 11.0 Å². The highest BCUT2D eigenvalue weighted by Gasteiger charge is 2.16. The standard InChI is InChI=1S/C19H19N3O4/c1-22-15-10-6-9-14(18(23)25-2)17(15)21-16(22)11-20-19(24)26-12-13-7-4-3-5-8-13/h3-10H,11-12H2,1-2H3,(H,20,24). The second kappa shape index (κ2) is 7.69. The van der Waals surface area contributed by atoms with Crippen LogP contribution in [-0.2, 0) is 29.7 Å². The van der Waals surface area contributed by atoms with Crippen molar-refractivity contribution in [3.05, 3.63) is 65.5 Å². The third kappa shape index (κ3) is 3.66. The number of rotatable bonds is 5. The summed E-state index contributed by atoms with van der Waals surface area (Å²) in [4.78, 5) is 28.2. The highest BCUT2D eigenvalue weighted by atomic mass is 16.5. The second-order valence-corrected chi connectivity index (χ2v) is 5.67. The Morgan fingerprint density at radius 3 is 2.62 bits per heavy atom. The van der Waals surface area contributed by atoms with Crippen molar-refractivity contribution in [2.24, 2.45) is 7.05 Å². The summed E-state index contributed by atoms with van der Waals surface area (Å²) in [5, 5.41) is 2.67. The lowest BCUT2D eigenvalue weighted by atomic mass is 10.2. The molecule has 1 aromatic heterocycles. The van der Waals surface area contributed by atoms with Gasteiger partial charge in [-0.15, -0.1) is 0 Å². The van der Waals surface area contributed by atoms with Crippen molar-refractivity contribution in [2.75, 3.05) is 7.11 Å². The van der Waals surface area contributed by atoms with Crippen molar-refractivity contribution in [2.45, 2.75) is 13.2 Å². The number of hydrogen-bond acceptors (Lipinski definition) is 5. The molecule has 26 heavy (non-hydrogen) atoms. The number of esters is 1. The fourth-order valence-electron chi connectivity index (χ4n) is 2.62. The van der Waals surface area contributed by atoms with Crippen molar-refractivity contribution in [1.82, 2.24) is 14.9 Å². The number of aromatic nitrogens is 2. The van der Waals surface area contributed by atoms with Gasteiger partial charge in [0.2, 0.25) is 0 Å². The van der Waals surface area contributed by atoms with Crippen LogP contribution in [0, 0.1) is 0 Å². The normalized spacial score (nSPS) is 10.5. The van der Waals surface area contributed by atoms with E-state index < -0.39 is 12.1 Å². The second-order valence-electron chi connectivity index (χ2n) is 5.67. The van der Waals surface area contributed by atoms with E-state index in [0.29, 0.717) is 16.9 Å². The van der Waals surface area contributed by atoms with Gasteiger partial charge in [-0.2, -0.15) is 0 Å². The van der Waals surface area contributed by atoms with Gasteiger partial charge < -0.3 is 19.4 Å². The molecule has 1 heterocycles. The van der Waals surface area contributed by atoms with Crippen molar-refractivity contribution in [1.29, 1.82) is 0 Å². The van der Waals surface area contributed by atoms with Crippen LogP contribution < -0.4 is 5.32 Å². The van der Waals surface area contributed by atoms with Gasteiger partial charge in [0.15, 0.2) is 0 Å². The number of fused-ring (bicyclic) bond motifs is 1. The monoisotopic (exact) mass is 353 g/mol. The molecule has 0 aliphatic carbocycles. The molecule has 7 nitrogen and oxygen atoms in total. The molecule has 0 spiro atoms. The summed E-state index contributed by atoms with van der Waals surface area (Å²) in [6.45, 7) is 0.376. The number of para-hydroxylation sites is 1. The van der Waals surface area contributed by atoms with Crippen LogP contribution in [0.3, 0.4) is 0 Å². The van der Waals surface area contributed by atoms with E-state index in [2.05, 4.69) is 10.3 Å². The van der Waals surface area contributed by atoms with Crippen LogP contribution in [0.2, 0.25) is 0 Å². The summed E-state index contributed by atoms with van der Waals surface area (Å²) in [5.74, 6) is 0.156. The Balaban J connectivity index is 1.68. The highest BCUT2D eigenvalue weighted by molar-refractivity contribution is 6.02. The third-order valence-electron chi connectivity index (χ3n) is 4.01. The summed E-state index contributed by atoms with van der Waals surface area (Å²) >= 11 is 0. The zero-order chi connectivity index (χ0) is 18.5. The maximum Gasteiger partial charge on any atom is 0.407 e. The van der Waals surface area contributed by atoms with E-state index in [9.17, 15) is 9.59 Å². The van der Waals surface area contributed by atoms with Crippen molar-refractivity contribution >= 4 is 23.1 Å². The number of hydrogen-bond donors (Lipinski definition) is 1. The minimum absolute atomic E-state index is 0.180. The van der Waals surface area contributed by atoms with E-state index >= 15 is 0 Å². The zero-order valence-electron chi connectivity index (χ0n) is 14.6. The Bertz CT molecular complexity index is 935. The molecule has 0 atom stereocenters. The van der Waals surface area contributed by atoms with Crippen LogP contribution in [-0.4, -0.2) is 28.7 Å². The fraction of sp³-hybridized carbons (Fsp3) is 0.211. The quantitative estimate of drug-likeness (QED) is 0.713. The Hall–Kier alpha value is -3.35. The van der Waals surface area contributed by atoms with Crippen LogP contribution in [0.1, 0.15) is 21.7 Å². The van der Waals surface area contributed by atoms with E-state index in [1.165, 1.54) is 7.11 Å². The lowest BCUT2D eigenvalue weighted by Gasteiger charge is -2.07. The maximum absolute atomic E-state index is 11.9. The molecular weight excluding hydrogens is 334 g/mol. The Morgan fingerprint density at radius 1 is 1.12 bits per heavy atom. The Kier molecular flexibility index (Phi) is 5.17. The number of aryl methyl sites for hydroxylation is 1. The molecule has 7 heteroatoms. The molecule has 3 rings (SSSR count). The minimum atomic E-state index is -0.533. The van der Waals surface area contributed by atoms with Crippen LogP contribution in [0.4, 0.5) is 4.79 Å². The summed E-state index contributed by atoms with van der Waals surface area (Å²) in [5.41, 5.74) is 2.62. The Labute approximate surface area is 150 Å². The number of methoxy groups -OCH3 is 1. The van der Waals surface area contributed by atoms with Crippen LogP contribution >= 0.6 is 0 Å². The van der Waals surface area contributed by atoms with Gasteiger partial charge in [-0.3, -0.25) is 0 Å². The number of alkyl carbamates (subject to hydrolysis) is 1. The first-order valence-corrected chi connectivity index (χ1v) is 8.07. The van der Waals surface area contributed by atoms with Gasteiger partial charge in [-0.1, -0.05) is 36.4 Å². The lowest BCUT2D eigenvalue weighted by Crippen LogP contribution is -2.25. The van der Waals surface area contributed by atoms with Gasteiger partial charge in [0.1, 0.15) is 17.9 Å². The van der Waals surface area contributed by atoms with Gasteiger partial charge in [0, 0.05) is 7.05 Å². The summed E-state index contributed by atoms with van der Waals surface area (Å²) in [7, 11) is 3.15. The average Bonchev–Trinajstić information content (AvgIpc) is 3.01. The van der Waals surface area contributed by atoms with Gasteiger partial charge in [0.05, 0.1) is 24.7 Å². The molecule has 0 saturated heterocycles. The van der Waals surface area contributed by atoms with E-state index in [4.69, 9.17) is 9.47 Å². The Morgan fingerprint density at radius 2 is 1.88 bits per heavy atom. The summed E-state index contributed by atoms with van der Waals surface area (Å²) in [6, 6.07) is 14.7. The molecule has 0 saturated carbocycles. The van der Waals surface area contributed by atoms with E-state index in [0.717, 1.165) is 11.1 Å². The number of nitrogens with one attached hydrogen (secondary N) is 1.